The lowest BCUT2D eigenvalue weighted by Crippen LogP contribution is -2.04. The van der Waals surface area contributed by atoms with Gasteiger partial charge in [0.25, 0.3) is 0 Å². The number of benzene rings is 1. The summed E-state index contributed by atoms with van der Waals surface area (Å²) in [6, 6.07) is 8.05. The molecule has 2 aromatic rings. The molecule has 0 saturated heterocycles. The van der Waals surface area contributed by atoms with Crippen molar-refractivity contribution < 1.29 is 14.7 Å². The van der Waals surface area contributed by atoms with Gasteiger partial charge in [-0.05, 0) is 42.9 Å². The highest BCUT2D eigenvalue weighted by atomic mass is 16.4. The molecule has 0 saturated carbocycles. The summed E-state index contributed by atoms with van der Waals surface area (Å²) < 4.78 is 1.96. The summed E-state index contributed by atoms with van der Waals surface area (Å²) >= 11 is 0. The first-order valence-electron chi connectivity index (χ1n) is 11.6. The zero-order valence-electron chi connectivity index (χ0n) is 18.7. The number of aliphatic carboxylic acids is 1. The molecule has 4 heteroatoms. The zero-order valence-corrected chi connectivity index (χ0v) is 18.7. The van der Waals surface area contributed by atoms with E-state index in [4.69, 9.17) is 5.11 Å². The largest absolute Gasteiger partial charge is 0.481 e. The number of aryl methyl sites for hydroxylation is 3. The molecule has 1 aromatic heterocycles. The number of unbranched alkanes of at least 4 members (excludes halogenated alkanes) is 6. The summed E-state index contributed by atoms with van der Waals surface area (Å²) in [6.45, 7) is 4.90. The van der Waals surface area contributed by atoms with E-state index in [-0.39, 0.29) is 12.2 Å². The number of carboxylic acids is 1. The Labute approximate surface area is 181 Å². The van der Waals surface area contributed by atoms with Gasteiger partial charge < -0.3 is 9.67 Å². The molecule has 30 heavy (non-hydrogen) atoms. The highest BCUT2D eigenvalue weighted by Gasteiger charge is 2.16. The topological polar surface area (TPSA) is 59.3 Å². The Morgan fingerprint density at radius 1 is 0.933 bits per heavy atom. The van der Waals surface area contributed by atoms with Gasteiger partial charge in [0.05, 0.1) is 0 Å². The standard InChI is InChI=1S/C26H37NO3/c1-3-5-6-7-8-9-10-13-21-14-11-15-23(18-21)26(30)24-20-27(19-22(24)4-2)17-12-16-25(28)29/h11,14-15,18-20H,3-10,12-13,16-17H2,1-2H3,(H,28,29). The smallest absolute Gasteiger partial charge is 0.303 e. The van der Waals surface area contributed by atoms with Gasteiger partial charge in [0, 0.05) is 36.5 Å². The highest BCUT2D eigenvalue weighted by molar-refractivity contribution is 6.10. The Morgan fingerprint density at radius 2 is 1.67 bits per heavy atom. The van der Waals surface area contributed by atoms with Crippen LogP contribution in [-0.2, 0) is 24.2 Å². The van der Waals surface area contributed by atoms with Crippen molar-refractivity contribution in [2.75, 3.05) is 0 Å². The van der Waals surface area contributed by atoms with Crippen LogP contribution in [0.5, 0.6) is 0 Å². The molecule has 0 bridgehead atoms. The number of carbonyl (C=O) groups is 2. The Balaban J connectivity index is 1.95. The zero-order chi connectivity index (χ0) is 21.8. The van der Waals surface area contributed by atoms with Crippen LogP contribution in [0.3, 0.4) is 0 Å². The number of ketones is 1. The van der Waals surface area contributed by atoms with Crippen molar-refractivity contribution >= 4 is 11.8 Å². The molecule has 0 unspecified atom stereocenters. The Hall–Kier alpha value is -2.36. The average Bonchev–Trinajstić information content (AvgIpc) is 3.15. The van der Waals surface area contributed by atoms with Crippen LogP contribution >= 0.6 is 0 Å². The van der Waals surface area contributed by atoms with Gasteiger partial charge in [-0.15, -0.1) is 0 Å². The third kappa shape index (κ3) is 7.81. The van der Waals surface area contributed by atoms with E-state index in [2.05, 4.69) is 13.0 Å². The molecule has 0 aliphatic rings. The van der Waals surface area contributed by atoms with Crippen molar-refractivity contribution in [3.8, 4) is 0 Å². The fourth-order valence-corrected chi connectivity index (χ4v) is 3.89. The van der Waals surface area contributed by atoms with Gasteiger partial charge in [-0.1, -0.05) is 70.6 Å². The summed E-state index contributed by atoms with van der Waals surface area (Å²) in [5, 5.41) is 8.82. The highest BCUT2D eigenvalue weighted by Crippen LogP contribution is 2.19. The minimum absolute atomic E-state index is 0.0604. The van der Waals surface area contributed by atoms with Gasteiger partial charge in [0.2, 0.25) is 0 Å². The Morgan fingerprint density at radius 3 is 2.37 bits per heavy atom. The lowest BCUT2D eigenvalue weighted by atomic mass is 9.97. The van der Waals surface area contributed by atoms with E-state index >= 15 is 0 Å². The molecule has 1 aromatic carbocycles. The fourth-order valence-electron chi connectivity index (χ4n) is 3.89. The van der Waals surface area contributed by atoms with E-state index in [0.717, 1.165) is 29.5 Å². The summed E-state index contributed by atoms with van der Waals surface area (Å²) in [6.07, 6.45) is 15.4. The number of carboxylic acid groups (broad SMARTS) is 1. The van der Waals surface area contributed by atoms with Gasteiger partial charge in [0.1, 0.15) is 0 Å². The van der Waals surface area contributed by atoms with E-state index < -0.39 is 5.97 Å². The molecule has 1 heterocycles. The van der Waals surface area contributed by atoms with Gasteiger partial charge in [-0.25, -0.2) is 0 Å². The van der Waals surface area contributed by atoms with E-state index in [0.29, 0.717) is 13.0 Å². The average molecular weight is 412 g/mol. The molecule has 0 aliphatic heterocycles. The van der Waals surface area contributed by atoms with Crippen LogP contribution in [0.4, 0.5) is 0 Å². The SMILES string of the molecule is CCCCCCCCCc1cccc(C(=O)c2cn(CCCC(=O)O)cc2CC)c1. The van der Waals surface area contributed by atoms with Crippen molar-refractivity contribution in [1.82, 2.24) is 4.57 Å². The molecular formula is C26H37NO3. The molecule has 0 spiro atoms. The second kappa shape index (κ2) is 13.0. The van der Waals surface area contributed by atoms with Gasteiger partial charge in [0.15, 0.2) is 5.78 Å². The molecule has 2 rings (SSSR count). The quantitative estimate of drug-likeness (QED) is 0.271. The van der Waals surface area contributed by atoms with Crippen LogP contribution in [0.1, 0.15) is 98.7 Å². The first kappa shape index (κ1) is 23.9. The monoisotopic (exact) mass is 411 g/mol. The van der Waals surface area contributed by atoms with Crippen molar-refractivity contribution in [2.24, 2.45) is 0 Å². The normalized spacial score (nSPS) is 11.0. The van der Waals surface area contributed by atoms with Crippen LogP contribution in [-0.4, -0.2) is 21.4 Å². The number of hydrogen-bond donors (Lipinski definition) is 1. The summed E-state index contributed by atoms with van der Waals surface area (Å²) in [7, 11) is 0. The van der Waals surface area contributed by atoms with Crippen molar-refractivity contribution in [3.05, 3.63) is 58.9 Å². The Kier molecular flexibility index (Phi) is 10.4. The van der Waals surface area contributed by atoms with Crippen LogP contribution in [0, 0.1) is 0 Å². The summed E-state index contributed by atoms with van der Waals surface area (Å²) in [5.74, 6) is -0.725. The van der Waals surface area contributed by atoms with E-state index in [1.807, 2.05) is 42.1 Å². The van der Waals surface area contributed by atoms with Gasteiger partial charge in [-0.3, -0.25) is 9.59 Å². The predicted molar refractivity (Wildman–Crippen MR) is 122 cm³/mol. The van der Waals surface area contributed by atoms with Crippen molar-refractivity contribution in [1.29, 1.82) is 0 Å². The number of hydrogen-bond acceptors (Lipinski definition) is 2. The predicted octanol–water partition coefficient (Wildman–Crippen LogP) is 6.44. The van der Waals surface area contributed by atoms with Crippen LogP contribution in [0.25, 0.3) is 0 Å². The summed E-state index contributed by atoms with van der Waals surface area (Å²) in [5.41, 5.74) is 3.73. The van der Waals surface area contributed by atoms with E-state index in [9.17, 15) is 9.59 Å². The van der Waals surface area contributed by atoms with Crippen molar-refractivity contribution in [2.45, 2.75) is 91.0 Å². The lowest BCUT2D eigenvalue weighted by molar-refractivity contribution is -0.137. The molecule has 164 valence electrons. The second-order valence-corrected chi connectivity index (χ2v) is 8.19. The third-order valence-electron chi connectivity index (χ3n) is 5.65. The number of carbonyl (C=O) groups excluding carboxylic acids is 1. The van der Waals surface area contributed by atoms with E-state index in [1.54, 1.807) is 0 Å². The van der Waals surface area contributed by atoms with Gasteiger partial charge in [-0.2, -0.15) is 0 Å². The molecule has 1 N–H and O–H groups in total. The lowest BCUT2D eigenvalue weighted by Gasteiger charge is -2.06. The van der Waals surface area contributed by atoms with Crippen LogP contribution in [0.2, 0.25) is 0 Å². The molecule has 4 nitrogen and oxygen atoms in total. The molecule has 0 fully saturated rings. The van der Waals surface area contributed by atoms with Crippen molar-refractivity contribution in [3.63, 3.8) is 0 Å². The molecule has 0 atom stereocenters. The molecular weight excluding hydrogens is 374 g/mol. The Bertz CT molecular complexity index is 806. The first-order valence-corrected chi connectivity index (χ1v) is 11.6. The first-order chi connectivity index (χ1) is 14.5. The molecule has 0 amide bonds. The summed E-state index contributed by atoms with van der Waals surface area (Å²) in [4.78, 5) is 23.9. The number of aromatic nitrogens is 1. The fraction of sp³-hybridized carbons (Fsp3) is 0.538. The molecule has 0 radical (unpaired) electrons. The van der Waals surface area contributed by atoms with Gasteiger partial charge >= 0.3 is 5.97 Å². The minimum atomic E-state index is -0.785. The maximum Gasteiger partial charge on any atom is 0.303 e. The van der Waals surface area contributed by atoms with Crippen LogP contribution in [0.15, 0.2) is 36.7 Å². The van der Waals surface area contributed by atoms with E-state index in [1.165, 1.54) is 50.5 Å². The maximum absolute atomic E-state index is 13.1. The number of nitrogens with zero attached hydrogens (tertiary/aromatic N) is 1. The number of rotatable bonds is 15. The molecule has 0 aliphatic carbocycles. The third-order valence-corrected chi connectivity index (χ3v) is 5.65. The maximum atomic E-state index is 13.1. The van der Waals surface area contributed by atoms with Crippen LogP contribution < -0.4 is 0 Å². The second-order valence-electron chi connectivity index (χ2n) is 8.19. The minimum Gasteiger partial charge on any atom is -0.481 e.